The van der Waals surface area contributed by atoms with E-state index in [1.807, 2.05) is 22.7 Å². The summed E-state index contributed by atoms with van der Waals surface area (Å²) < 4.78 is 15.0. The van der Waals surface area contributed by atoms with E-state index in [2.05, 4.69) is 273 Å². The molecule has 0 atom stereocenters. The molecule has 0 radical (unpaired) electrons. The Hall–Kier alpha value is -9.72. The van der Waals surface area contributed by atoms with E-state index in [-0.39, 0.29) is 0 Å². The molecule has 0 unspecified atom stereocenters. The second kappa shape index (κ2) is 15.9. The predicted octanol–water partition coefficient (Wildman–Crippen LogP) is 20.5. The Bertz CT molecular complexity index is 5490. The standard InChI is InChI=1S/C72H42N4S2/c1-7-21-60-48(14-1)49-15-2-8-22-61(49)73(60)45-30-35-67-57(40-45)53-19-6-12-26-65(53)76(67)68-27-13-20-55-54-33-28-44(39-71(54)78-72(55)68)43-29-34-66-56(38-43)52-18-5-11-25-64(52)75(66)47-32-37-70-59(42-47)58-41-46(31-36-69(58)77-70)74-62-23-9-3-16-50(62)51-17-4-10-24-63(51)74/h1-42H. The van der Waals surface area contributed by atoms with Gasteiger partial charge in [0.05, 0.1) is 54.5 Å². The number of nitrogens with zero attached hydrogens (tertiary/aromatic N) is 4. The molecule has 0 fully saturated rings. The van der Waals surface area contributed by atoms with Crippen LogP contribution >= 0.6 is 22.7 Å². The fourth-order valence-electron chi connectivity index (χ4n) is 13.4. The van der Waals surface area contributed by atoms with E-state index in [1.54, 1.807) is 0 Å². The predicted molar refractivity (Wildman–Crippen MR) is 335 cm³/mol. The smallest absolute Gasteiger partial charge is 0.0640 e. The second-order valence-corrected chi connectivity index (χ2v) is 22.9. The van der Waals surface area contributed by atoms with Crippen LogP contribution in [0.5, 0.6) is 0 Å². The summed E-state index contributed by atoms with van der Waals surface area (Å²) in [7, 11) is 0. The molecule has 362 valence electrons. The van der Waals surface area contributed by atoms with Crippen molar-refractivity contribution < 1.29 is 0 Å². The number of hydrogen-bond acceptors (Lipinski definition) is 2. The van der Waals surface area contributed by atoms with Crippen molar-refractivity contribution in [2.45, 2.75) is 0 Å². The summed E-state index contributed by atoms with van der Waals surface area (Å²) >= 11 is 3.77. The highest BCUT2D eigenvalue weighted by Crippen LogP contribution is 2.45. The number of fused-ring (bicyclic) bond motifs is 18. The number of benzene rings is 12. The van der Waals surface area contributed by atoms with Gasteiger partial charge in [-0.25, -0.2) is 0 Å². The van der Waals surface area contributed by atoms with Crippen LogP contribution in [0.2, 0.25) is 0 Å². The number of hydrogen-bond donors (Lipinski definition) is 0. The fraction of sp³-hybridized carbons (Fsp3) is 0. The number of aromatic nitrogens is 4. The van der Waals surface area contributed by atoms with E-state index in [9.17, 15) is 0 Å². The Kier molecular flexibility index (Phi) is 8.67. The lowest BCUT2D eigenvalue weighted by Gasteiger charge is -2.11. The molecule has 12 aromatic carbocycles. The van der Waals surface area contributed by atoms with Crippen LogP contribution < -0.4 is 0 Å². The average Bonchev–Trinajstić information content (AvgIpc) is 4.54. The Morgan fingerprint density at radius 3 is 1.10 bits per heavy atom. The van der Waals surface area contributed by atoms with E-state index >= 15 is 0 Å². The molecule has 78 heavy (non-hydrogen) atoms. The highest BCUT2D eigenvalue weighted by molar-refractivity contribution is 7.26. The summed E-state index contributed by atoms with van der Waals surface area (Å²) in [6.45, 7) is 0. The maximum Gasteiger partial charge on any atom is 0.0640 e. The Morgan fingerprint density at radius 1 is 0.205 bits per heavy atom. The zero-order valence-electron chi connectivity index (χ0n) is 41.9. The van der Waals surface area contributed by atoms with Gasteiger partial charge in [-0.3, -0.25) is 0 Å². The van der Waals surface area contributed by atoms with E-state index < -0.39 is 0 Å². The first-order chi connectivity index (χ1) is 38.7. The molecule has 6 aromatic heterocycles. The molecule has 6 heteroatoms. The zero-order chi connectivity index (χ0) is 50.7. The van der Waals surface area contributed by atoms with Crippen LogP contribution in [0.4, 0.5) is 0 Å². The van der Waals surface area contributed by atoms with Crippen molar-refractivity contribution in [3.63, 3.8) is 0 Å². The van der Waals surface area contributed by atoms with Gasteiger partial charge in [0.25, 0.3) is 0 Å². The Balaban J connectivity index is 0.749. The lowest BCUT2D eigenvalue weighted by Crippen LogP contribution is -1.96. The van der Waals surface area contributed by atoms with Gasteiger partial charge in [0, 0.05) is 95.8 Å². The molecule has 0 saturated heterocycles. The number of rotatable bonds is 5. The molecule has 18 aromatic rings. The highest BCUT2D eigenvalue weighted by atomic mass is 32.1. The van der Waals surface area contributed by atoms with Crippen molar-refractivity contribution in [2.24, 2.45) is 0 Å². The monoisotopic (exact) mass is 1030 g/mol. The lowest BCUT2D eigenvalue weighted by atomic mass is 10.0. The third-order valence-electron chi connectivity index (χ3n) is 16.8. The summed E-state index contributed by atoms with van der Waals surface area (Å²) in [5.41, 5.74) is 16.8. The van der Waals surface area contributed by atoms with Gasteiger partial charge < -0.3 is 18.3 Å². The maximum absolute atomic E-state index is 2.49. The van der Waals surface area contributed by atoms with Gasteiger partial charge in [-0.15, -0.1) is 22.7 Å². The minimum Gasteiger partial charge on any atom is -0.309 e. The second-order valence-electron chi connectivity index (χ2n) is 20.8. The van der Waals surface area contributed by atoms with Gasteiger partial charge in [0.15, 0.2) is 0 Å². The highest BCUT2D eigenvalue weighted by Gasteiger charge is 2.21. The Labute approximate surface area is 454 Å². The van der Waals surface area contributed by atoms with E-state index in [0.29, 0.717) is 0 Å². The normalized spacial score (nSPS) is 12.4. The van der Waals surface area contributed by atoms with E-state index in [4.69, 9.17) is 0 Å². The first kappa shape index (κ1) is 42.5. The summed E-state index contributed by atoms with van der Waals surface area (Å²) in [6.07, 6.45) is 0. The molecule has 0 aliphatic carbocycles. The SMILES string of the molecule is c1cc(-n2c3ccccc3c3cc(-n4c5ccccc5c5ccccc54)ccc32)c2sc3cc(-c4ccc5c(c4)c4ccccc4n5-c4ccc5sc6ccc(-n7c8ccccc8c8ccccc87)cc6c5c4)ccc3c2c1. The maximum atomic E-state index is 2.49. The van der Waals surface area contributed by atoms with Crippen LogP contribution in [0.15, 0.2) is 255 Å². The van der Waals surface area contributed by atoms with E-state index in [1.165, 1.54) is 150 Å². The fourth-order valence-corrected chi connectivity index (χ4v) is 15.7. The molecule has 0 N–H and O–H groups in total. The van der Waals surface area contributed by atoms with E-state index in [0.717, 1.165) is 11.4 Å². The third-order valence-corrected chi connectivity index (χ3v) is 19.1. The molecule has 0 bridgehead atoms. The topological polar surface area (TPSA) is 19.7 Å². The first-order valence-electron chi connectivity index (χ1n) is 26.6. The van der Waals surface area contributed by atoms with Crippen molar-refractivity contribution in [1.82, 2.24) is 18.3 Å². The first-order valence-corrected chi connectivity index (χ1v) is 28.3. The molecule has 0 spiro atoms. The van der Waals surface area contributed by atoms with Crippen LogP contribution in [0, 0.1) is 0 Å². The van der Waals surface area contributed by atoms with Gasteiger partial charge >= 0.3 is 0 Å². The lowest BCUT2D eigenvalue weighted by molar-refractivity contribution is 1.17. The molecule has 0 aliphatic heterocycles. The van der Waals surface area contributed by atoms with Gasteiger partial charge in [0.2, 0.25) is 0 Å². The molecular weight excluding hydrogens is 985 g/mol. The van der Waals surface area contributed by atoms with Crippen LogP contribution in [-0.2, 0) is 0 Å². The van der Waals surface area contributed by atoms with Crippen molar-refractivity contribution in [1.29, 1.82) is 0 Å². The number of para-hydroxylation sites is 6. The van der Waals surface area contributed by atoms with Gasteiger partial charge in [-0.05, 0) is 126 Å². The van der Waals surface area contributed by atoms with Crippen LogP contribution in [-0.4, -0.2) is 18.3 Å². The summed E-state index contributed by atoms with van der Waals surface area (Å²) in [5.74, 6) is 0. The molecule has 4 nitrogen and oxygen atoms in total. The van der Waals surface area contributed by atoms with Crippen LogP contribution in [0.1, 0.15) is 0 Å². The van der Waals surface area contributed by atoms with Gasteiger partial charge in [-0.1, -0.05) is 140 Å². The zero-order valence-corrected chi connectivity index (χ0v) is 43.5. The number of thiophene rings is 2. The summed E-state index contributed by atoms with van der Waals surface area (Å²) in [5, 5.41) is 15.2. The van der Waals surface area contributed by atoms with Crippen LogP contribution in [0.25, 0.3) is 161 Å². The minimum atomic E-state index is 1.16. The molecule has 6 heterocycles. The van der Waals surface area contributed by atoms with Crippen molar-refractivity contribution in [3.8, 4) is 33.9 Å². The van der Waals surface area contributed by atoms with Gasteiger partial charge in [-0.2, -0.15) is 0 Å². The quantitative estimate of drug-likeness (QED) is 0.164. The van der Waals surface area contributed by atoms with Crippen molar-refractivity contribution >= 4 is 150 Å². The minimum absolute atomic E-state index is 1.16. The largest absolute Gasteiger partial charge is 0.309 e. The van der Waals surface area contributed by atoms with Gasteiger partial charge in [0.1, 0.15) is 0 Å². The molecule has 18 rings (SSSR count). The van der Waals surface area contributed by atoms with Crippen molar-refractivity contribution in [2.75, 3.05) is 0 Å². The summed E-state index contributed by atoms with van der Waals surface area (Å²) in [4.78, 5) is 0. The van der Waals surface area contributed by atoms with Crippen LogP contribution in [0.3, 0.4) is 0 Å². The molecule has 0 aliphatic rings. The summed E-state index contributed by atoms with van der Waals surface area (Å²) in [6, 6.07) is 94.9. The molecular formula is C72H42N4S2. The molecule has 0 amide bonds. The van der Waals surface area contributed by atoms with Crippen molar-refractivity contribution in [3.05, 3.63) is 255 Å². The molecule has 0 saturated carbocycles. The third kappa shape index (κ3) is 5.87. The Morgan fingerprint density at radius 2 is 0.577 bits per heavy atom. The average molecular weight is 1030 g/mol.